The van der Waals surface area contributed by atoms with E-state index in [1.807, 2.05) is 69.3 Å². The fraction of sp³-hybridized carbons (Fsp3) is 0.250. The van der Waals surface area contributed by atoms with Crippen LogP contribution in [0.15, 0.2) is 76.5 Å². The van der Waals surface area contributed by atoms with Gasteiger partial charge in [0.05, 0.1) is 30.7 Å². The summed E-state index contributed by atoms with van der Waals surface area (Å²) in [6.07, 6.45) is 1.66. The molecule has 0 saturated heterocycles. The third-order valence-electron chi connectivity index (χ3n) is 6.85. The Morgan fingerprint density at radius 2 is 1.77 bits per heavy atom. The molecule has 1 amide bonds. The molecule has 39 heavy (non-hydrogen) atoms. The Hall–Kier alpha value is -4.52. The number of carbonyl (C=O) groups excluding carboxylic acids is 1. The van der Waals surface area contributed by atoms with Crippen molar-refractivity contribution in [3.05, 3.63) is 111 Å². The lowest BCUT2D eigenvalue weighted by atomic mass is 9.96. The van der Waals surface area contributed by atoms with E-state index in [9.17, 15) is 9.59 Å². The summed E-state index contributed by atoms with van der Waals surface area (Å²) in [5.41, 5.74) is 3.93. The van der Waals surface area contributed by atoms with Crippen LogP contribution < -0.4 is 19.6 Å². The van der Waals surface area contributed by atoms with E-state index in [1.165, 1.54) is 0 Å². The zero-order chi connectivity index (χ0) is 27.7. The molecule has 0 saturated carbocycles. The third-order valence-corrected chi connectivity index (χ3v) is 6.85. The normalized spacial score (nSPS) is 14.4. The minimum atomic E-state index is -0.677. The molecule has 200 valence electrons. The monoisotopic (exact) mass is 525 g/mol. The number of carbonyl (C=O) groups is 1. The minimum absolute atomic E-state index is 0.0721. The molecule has 0 N–H and O–H groups in total. The Morgan fingerprint density at radius 1 is 1.00 bits per heavy atom. The van der Waals surface area contributed by atoms with Gasteiger partial charge in [-0.1, -0.05) is 36.9 Å². The van der Waals surface area contributed by atoms with Crippen LogP contribution in [0, 0.1) is 13.8 Å². The maximum Gasteiger partial charge on any atom is 0.291 e. The average molecular weight is 526 g/mol. The standard InChI is InChI=1S/C32H31NO6/c1-6-14-38-25-13-10-22(17-26(25)37-7-2)28-27-29(34)24-16-19(3)15-20(4)30(24)39-31(27)32(35)33(28)18-21-8-11-23(36-5)12-9-21/h6,8-13,15-17,28H,1,7,14,18H2,2-5H3. The van der Waals surface area contributed by atoms with Crippen molar-refractivity contribution in [2.24, 2.45) is 0 Å². The SMILES string of the molecule is C=CCOc1ccc(C2c3c(oc4c(C)cc(C)cc4c3=O)C(=O)N2Cc2ccc(OC)cc2)cc1OCC. The summed E-state index contributed by atoms with van der Waals surface area (Å²) in [5.74, 6) is 1.54. The Balaban J connectivity index is 1.70. The molecule has 0 aliphatic carbocycles. The van der Waals surface area contributed by atoms with Crippen molar-refractivity contribution in [1.82, 2.24) is 4.90 Å². The van der Waals surface area contributed by atoms with Crippen LogP contribution in [0.1, 0.15) is 51.3 Å². The number of amides is 1. The van der Waals surface area contributed by atoms with Crippen molar-refractivity contribution < 1.29 is 23.4 Å². The van der Waals surface area contributed by atoms with E-state index in [0.717, 1.165) is 28.0 Å². The van der Waals surface area contributed by atoms with Gasteiger partial charge in [0.15, 0.2) is 16.9 Å². The lowest BCUT2D eigenvalue weighted by Gasteiger charge is -2.26. The summed E-state index contributed by atoms with van der Waals surface area (Å²) < 4.78 is 23.2. The van der Waals surface area contributed by atoms with Crippen LogP contribution in [0.5, 0.6) is 17.2 Å². The summed E-state index contributed by atoms with van der Waals surface area (Å²) in [7, 11) is 1.61. The zero-order valence-electron chi connectivity index (χ0n) is 22.6. The van der Waals surface area contributed by atoms with E-state index >= 15 is 0 Å². The van der Waals surface area contributed by atoms with Gasteiger partial charge in [-0.15, -0.1) is 0 Å². The van der Waals surface area contributed by atoms with Crippen molar-refractivity contribution in [2.75, 3.05) is 20.3 Å². The Bertz CT molecular complexity index is 1620. The molecule has 0 radical (unpaired) electrons. The highest BCUT2D eigenvalue weighted by Gasteiger charge is 2.43. The van der Waals surface area contributed by atoms with E-state index in [-0.39, 0.29) is 23.6 Å². The first-order valence-corrected chi connectivity index (χ1v) is 12.9. The molecular formula is C32H31NO6. The number of methoxy groups -OCH3 is 1. The summed E-state index contributed by atoms with van der Waals surface area (Å²) in [4.78, 5) is 29.6. The number of ether oxygens (including phenoxy) is 3. The molecule has 5 rings (SSSR count). The predicted molar refractivity (Wildman–Crippen MR) is 150 cm³/mol. The largest absolute Gasteiger partial charge is 0.497 e. The number of aryl methyl sites for hydroxylation is 2. The minimum Gasteiger partial charge on any atom is -0.497 e. The number of benzene rings is 3. The fourth-order valence-electron chi connectivity index (χ4n) is 5.14. The van der Waals surface area contributed by atoms with Gasteiger partial charge in [-0.05, 0) is 73.4 Å². The molecule has 1 aliphatic rings. The number of rotatable bonds is 9. The van der Waals surface area contributed by atoms with Crippen molar-refractivity contribution in [3.63, 3.8) is 0 Å². The Morgan fingerprint density at radius 3 is 2.46 bits per heavy atom. The molecule has 0 spiro atoms. The van der Waals surface area contributed by atoms with Crippen LogP contribution in [-0.2, 0) is 6.54 Å². The first kappa shape index (κ1) is 26.1. The second-order valence-corrected chi connectivity index (χ2v) is 9.56. The molecule has 1 unspecified atom stereocenters. The number of nitrogens with zero attached hydrogens (tertiary/aromatic N) is 1. The maximum atomic E-state index is 14.0. The quantitative estimate of drug-likeness (QED) is 0.245. The van der Waals surface area contributed by atoms with Crippen LogP contribution in [0.3, 0.4) is 0 Å². The van der Waals surface area contributed by atoms with Crippen LogP contribution in [0.4, 0.5) is 0 Å². The van der Waals surface area contributed by atoms with Crippen molar-refractivity contribution in [3.8, 4) is 17.2 Å². The van der Waals surface area contributed by atoms with Crippen LogP contribution in [0.25, 0.3) is 11.0 Å². The van der Waals surface area contributed by atoms with E-state index in [1.54, 1.807) is 24.2 Å². The first-order valence-electron chi connectivity index (χ1n) is 12.9. The summed E-state index contributed by atoms with van der Waals surface area (Å²) in [6.45, 7) is 10.4. The molecule has 7 nitrogen and oxygen atoms in total. The second-order valence-electron chi connectivity index (χ2n) is 9.56. The lowest BCUT2D eigenvalue weighted by molar-refractivity contribution is 0.0714. The van der Waals surface area contributed by atoms with Gasteiger partial charge >= 0.3 is 0 Å². The van der Waals surface area contributed by atoms with Gasteiger partial charge in [-0.25, -0.2) is 0 Å². The molecule has 2 heterocycles. The molecule has 7 heteroatoms. The van der Waals surface area contributed by atoms with E-state index < -0.39 is 6.04 Å². The number of hydrogen-bond acceptors (Lipinski definition) is 6. The van der Waals surface area contributed by atoms with Gasteiger partial charge in [0.25, 0.3) is 5.91 Å². The molecule has 1 aromatic heterocycles. The predicted octanol–water partition coefficient (Wildman–Crippen LogP) is 6.13. The highest BCUT2D eigenvalue weighted by molar-refractivity contribution is 5.99. The van der Waals surface area contributed by atoms with E-state index in [4.69, 9.17) is 18.6 Å². The molecule has 0 fully saturated rings. The summed E-state index contributed by atoms with van der Waals surface area (Å²) in [6, 6.07) is 16.1. The molecule has 1 atom stereocenters. The molecular weight excluding hydrogens is 494 g/mol. The van der Waals surface area contributed by atoms with Crippen LogP contribution in [-0.4, -0.2) is 31.1 Å². The van der Waals surface area contributed by atoms with E-state index in [2.05, 4.69) is 6.58 Å². The van der Waals surface area contributed by atoms with Crippen LogP contribution >= 0.6 is 0 Å². The summed E-state index contributed by atoms with van der Waals surface area (Å²) in [5, 5.41) is 0.464. The topological polar surface area (TPSA) is 78.2 Å². The van der Waals surface area contributed by atoms with Gasteiger partial charge in [-0.3, -0.25) is 9.59 Å². The highest BCUT2D eigenvalue weighted by Crippen LogP contribution is 2.42. The molecule has 0 bridgehead atoms. The second kappa shape index (κ2) is 10.7. The summed E-state index contributed by atoms with van der Waals surface area (Å²) >= 11 is 0. The van der Waals surface area contributed by atoms with Crippen molar-refractivity contribution in [2.45, 2.75) is 33.4 Å². The number of fused-ring (bicyclic) bond motifs is 2. The van der Waals surface area contributed by atoms with E-state index in [0.29, 0.717) is 41.2 Å². The smallest absolute Gasteiger partial charge is 0.291 e. The molecule has 3 aromatic carbocycles. The van der Waals surface area contributed by atoms with Gasteiger partial charge in [0, 0.05) is 6.54 Å². The van der Waals surface area contributed by atoms with Crippen LogP contribution in [0.2, 0.25) is 0 Å². The maximum absolute atomic E-state index is 14.0. The first-order chi connectivity index (χ1) is 18.9. The Kier molecular flexibility index (Phi) is 7.15. The van der Waals surface area contributed by atoms with Gasteiger partial charge < -0.3 is 23.5 Å². The van der Waals surface area contributed by atoms with Crippen molar-refractivity contribution in [1.29, 1.82) is 0 Å². The van der Waals surface area contributed by atoms with Gasteiger partial charge in [-0.2, -0.15) is 0 Å². The zero-order valence-corrected chi connectivity index (χ0v) is 22.6. The fourth-order valence-corrected chi connectivity index (χ4v) is 5.14. The Labute approximate surface area is 227 Å². The average Bonchev–Trinajstić information content (AvgIpc) is 3.20. The molecule has 4 aromatic rings. The van der Waals surface area contributed by atoms with Crippen molar-refractivity contribution >= 4 is 16.9 Å². The van der Waals surface area contributed by atoms with Gasteiger partial charge in [0.1, 0.15) is 17.9 Å². The molecule has 1 aliphatic heterocycles. The lowest BCUT2D eigenvalue weighted by Crippen LogP contribution is -2.29. The number of hydrogen-bond donors (Lipinski definition) is 0. The highest BCUT2D eigenvalue weighted by atomic mass is 16.5. The third kappa shape index (κ3) is 4.76. The van der Waals surface area contributed by atoms with Gasteiger partial charge in [0.2, 0.25) is 5.76 Å².